The molecule has 0 N–H and O–H groups in total. The molecular formula is C27H40O4. The first kappa shape index (κ1) is 22.7. The number of fused-ring (bicyclic) bond motifs is 5. The normalized spacial score (nSPS) is 41.6. The molecule has 172 valence electrons. The standard InChI is InChI=1S/C27H40O4/c1-5-6-7-8-24(30)31-27(18(2)28)16-13-23-21-10-9-19-17-20(29)11-14-25(19,3)22(21)12-15-26(23,27)4/h17,21-23H,5-16H2,1-4H3/t21-,22+,23+,25+,26-,27+/m0/s1. The molecule has 0 unspecified atom stereocenters. The molecule has 4 heteroatoms. The Hall–Kier alpha value is -1.45. The van der Waals surface area contributed by atoms with Gasteiger partial charge in [0, 0.05) is 18.3 Å². The summed E-state index contributed by atoms with van der Waals surface area (Å²) in [6.07, 6.45) is 12.6. The fourth-order valence-electron chi connectivity index (χ4n) is 8.14. The maximum absolute atomic E-state index is 13.1. The highest BCUT2D eigenvalue weighted by Crippen LogP contribution is 2.68. The number of allylic oxidation sites excluding steroid dienone is 1. The van der Waals surface area contributed by atoms with Gasteiger partial charge < -0.3 is 4.74 Å². The van der Waals surface area contributed by atoms with Crippen LogP contribution in [0.5, 0.6) is 0 Å². The summed E-state index contributed by atoms with van der Waals surface area (Å²) in [7, 11) is 0. The summed E-state index contributed by atoms with van der Waals surface area (Å²) in [6.45, 7) is 8.37. The summed E-state index contributed by atoms with van der Waals surface area (Å²) < 4.78 is 6.16. The lowest BCUT2D eigenvalue weighted by atomic mass is 9.46. The van der Waals surface area contributed by atoms with E-state index in [4.69, 9.17) is 4.74 Å². The second-order valence-electron chi connectivity index (χ2n) is 11.3. The molecule has 0 saturated heterocycles. The van der Waals surface area contributed by atoms with Gasteiger partial charge in [0.1, 0.15) is 0 Å². The molecule has 6 atom stereocenters. The minimum atomic E-state index is -0.953. The van der Waals surface area contributed by atoms with Crippen molar-refractivity contribution in [2.75, 3.05) is 0 Å². The summed E-state index contributed by atoms with van der Waals surface area (Å²) in [6, 6.07) is 0. The Morgan fingerprint density at radius 1 is 1.03 bits per heavy atom. The van der Waals surface area contributed by atoms with Gasteiger partial charge >= 0.3 is 5.97 Å². The van der Waals surface area contributed by atoms with Gasteiger partial charge in [0.05, 0.1) is 0 Å². The van der Waals surface area contributed by atoms with Crippen LogP contribution in [0.2, 0.25) is 0 Å². The molecule has 0 spiro atoms. The van der Waals surface area contributed by atoms with Crippen LogP contribution in [0.25, 0.3) is 0 Å². The van der Waals surface area contributed by atoms with E-state index >= 15 is 0 Å². The molecule has 3 fully saturated rings. The van der Waals surface area contributed by atoms with Crippen molar-refractivity contribution in [3.8, 4) is 0 Å². The zero-order valence-electron chi connectivity index (χ0n) is 19.9. The molecule has 0 radical (unpaired) electrons. The quantitative estimate of drug-likeness (QED) is 0.386. The third-order valence-corrected chi connectivity index (χ3v) is 9.92. The van der Waals surface area contributed by atoms with E-state index in [-0.39, 0.29) is 28.4 Å². The average molecular weight is 429 g/mol. The van der Waals surface area contributed by atoms with Crippen molar-refractivity contribution in [1.82, 2.24) is 0 Å². The van der Waals surface area contributed by atoms with Crippen LogP contribution >= 0.6 is 0 Å². The van der Waals surface area contributed by atoms with E-state index in [1.54, 1.807) is 6.92 Å². The SMILES string of the molecule is CCCCCC(=O)O[C@@]1(C(C)=O)CC[C@@H]2[C@H]3CCC4=CC(=O)CC[C@@]4(C)[C@@H]3CC[C@@]21C. The molecule has 4 aliphatic carbocycles. The topological polar surface area (TPSA) is 60.4 Å². The molecule has 31 heavy (non-hydrogen) atoms. The molecule has 3 saturated carbocycles. The predicted octanol–water partition coefficient (Wildman–Crippen LogP) is 5.97. The second kappa shape index (κ2) is 8.15. The van der Waals surface area contributed by atoms with Crippen LogP contribution < -0.4 is 0 Å². The van der Waals surface area contributed by atoms with Gasteiger partial charge in [0.2, 0.25) is 0 Å². The predicted molar refractivity (Wildman–Crippen MR) is 120 cm³/mol. The van der Waals surface area contributed by atoms with E-state index in [9.17, 15) is 14.4 Å². The van der Waals surface area contributed by atoms with Crippen LogP contribution in [0.1, 0.15) is 105 Å². The maximum Gasteiger partial charge on any atom is 0.306 e. The molecule has 0 bridgehead atoms. The Morgan fingerprint density at radius 3 is 2.48 bits per heavy atom. The van der Waals surface area contributed by atoms with Crippen LogP contribution in [0.4, 0.5) is 0 Å². The number of carbonyl (C=O) groups excluding carboxylic acids is 3. The summed E-state index contributed by atoms with van der Waals surface area (Å²) in [5.41, 5.74) is 0.261. The number of hydrogen-bond donors (Lipinski definition) is 0. The lowest BCUT2D eigenvalue weighted by Gasteiger charge is -2.59. The van der Waals surface area contributed by atoms with Crippen molar-refractivity contribution in [2.45, 2.75) is 110 Å². The van der Waals surface area contributed by atoms with E-state index in [1.165, 1.54) is 5.57 Å². The number of carbonyl (C=O) groups is 3. The Bertz CT molecular complexity index is 797. The number of ketones is 2. The van der Waals surface area contributed by atoms with Gasteiger partial charge in [-0.15, -0.1) is 0 Å². The fraction of sp³-hybridized carbons (Fsp3) is 0.815. The number of esters is 1. The molecule has 0 aromatic carbocycles. The molecule has 4 aliphatic rings. The monoisotopic (exact) mass is 428 g/mol. The first-order valence-electron chi connectivity index (χ1n) is 12.6. The van der Waals surface area contributed by atoms with Gasteiger partial charge in [-0.1, -0.05) is 39.2 Å². The van der Waals surface area contributed by atoms with Crippen LogP contribution in [0.3, 0.4) is 0 Å². The smallest absolute Gasteiger partial charge is 0.306 e. The molecule has 0 aliphatic heterocycles. The van der Waals surface area contributed by atoms with Gasteiger partial charge in [0.25, 0.3) is 0 Å². The third kappa shape index (κ3) is 3.43. The van der Waals surface area contributed by atoms with Crippen molar-refractivity contribution >= 4 is 17.5 Å². The zero-order valence-corrected chi connectivity index (χ0v) is 19.9. The van der Waals surface area contributed by atoms with Gasteiger partial charge in [-0.3, -0.25) is 14.4 Å². The summed E-state index contributed by atoms with van der Waals surface area (Å²) in [4.78, 5) is 37.8. The van der Waals surface area contributed by atoms with E-state index < -0.39 is 5.60 Å². The van der Waals surface area contributed by atoms with Gasteiger partial charge in [-0.25, -0.2) is 0 Å². The number of ether oxygens (including phenoxy) is 1. The molecule has 4 rings (SSSR count). The van der Waals surface area contributed by atoms with E-state index in [1.807, 2.05) is 6.08 Å². The molecule has 0 amide bonds. The highest BCUT2D eigenvalue weighted by atomic mass is 16.6. The van der Waals surface area contributed by atoms with Gasteiger partial charge in [-0.2, -0.15) is 0 Å². The minimum absolute atomic E-state index is 0.0330. The van der Waals surface area contributed by atoms with Crippen LogP contribution in [0.15, 0.2) is 11.6 Å². The van der Waals surface area contributed by atoms with Crippen LogP contribution in [-0.4, -0.2) is 23.1 Å². The number of rotatable bonds is 6. The molecule has 0 heterocycles. The third-order valence-electron chi connectivity index (χ3n) is 9.92. The van der Waals surface area contributed by atoms with E-state index in [0.717, 1.165) is 57.8 Å². The van der Waals surface area contributed by atoms with Gasteiger partial charge in [-0.05, 0) is 87.5 Å². The number of hydrogen-bond acceptors (Lipinski definition) is 4. The Kier molecular flexibility index (Phi) is 5.98. The summed E-state index contributed by atoms with van der Waals surface area (Å²) in [5, 5.41) is 0. The lowest BCUT2D eigenvalue weighted by molar-refractivity contribution is -0.189. The van der Waals surface area contributed by atoms with Crippen molar-refractivity contribution in [2.24, 2.45) is 28.6 Å². The molecule has 0 aromatic rings. The Balaban J connectivity index is 1.59. The lowest BCUT2D eigenvalue weighted by Crippen LogP contribution is -2.58. The number of unbranched alkanes of at least 4 members (excludes halogenated alkanes) is 2. The maximum atomic E-state index is 13.1. The Labute approximate surface area is 187 Å². The van der Waals surface area contributed by atoms with E-state index in [0.29, 0.717) is 37.0 Å². The summed E-state index contributed by atoms with van der Waals surface area (Å²) in [5.74, 6) is 1.66. The van der Waals surface area contributed by atoms with Crippen molar-refractivity contribution in [1.29, 1.82) is 0 Å². The molecule has 4 nitrogen and oxygen atoms in total. The average Bonchev–Trinajstić information content (AvgIpc) is 3.02. The van der Waals surface area contributed by atoms with Crippen LogP contribution in [-0.2, 0) is 19.1 Å². The van der Waals surface area contributed by atoms with E-state index in [2.05, 4.69) is 20.8 Å². The summed E-state index contributed by atoms with van der Waals surface area (Å²) >= 11 is 0. The number of Topliss-reactive ketones (excluding diaryl/α,β-unsaturated/α-hetero) is 1. The highest BCUT2D eigenvalue weighted by molar-refractivity contribution is 5.91. The molecule has 0 aromatic heterocycles. The van der Waals surface area contributed by atoms with Crippen molar-refractivity contribution < 1.29 is 19.1 Å². The first-order chi connectivity index (χ1) is 14.7. The first-order valence-corrected chi connectivity index (χ1v) is 12.6. The Morgan fingerprint density at radius 2 is 1.77 bits per heavy atom. The van der Waals surface area contributed by atoms with Crippen molar-refractivity contribution in [3.05, 3.63) is 11.6 Å². The zero-order chi connectivity index (χ0) is 22.4. The second-order valence-corrected chi connectivity index (χ2v) is 11.3. The largest absolute Gasteiger partial charge is 0.450 e. The molecular weight excluding hydrogens is 388 g/mol. The highest BCUT2D eigenvalue weighted by Gasteiger charge is 2.67. The minimum Gasteiger partial charge on any atom is -0.450 e. The van der Waals surface area contributed by atoms with Gasteiger partial charge in [0.15, 0.2) is 17.2 Å². The fourth-order valence-corrected chi connectivity index (χ4v) is 8.14. The van der Waals surface area contributed by atoms with Crippen LogP contribution in [0, 0.1) is 28.6 Å². The van der Waals surface area contributed by atoms with Crippen molar-refractivity contribution in [3.63, 3.8) is 0 Å².